The van der Waals surface area contributed by atoms with Gasteiger partial charge in [0.25, 0.3) is 0 Å². The van der Waals surface area contributed by atoms with Gasteiger partial charge in [-0.25, -0.2) is 4.39 Å². The molecule has 3 nitrogen and oxygen atoms in total. The van der Waals surface area contributed by atoms with Crippen LogP contribution in [0, 0.1) is 19.7 Å². The van der Waals surface area contributed by atoms with Gasteiger partial charge in [0.15, 0.2) is 5.96 Å². The summed E-state index contributed by atoms with van der Waals surface area (Å²) in [6.45, 7) is 4.46. The highest BCUT2D eigenvalue weighted by Gasteiger charge is 2.30. The highest BCUT2D eigenvalue weighted by atomic mass is 19.1. The number of anilines is 1. The molecule has 108 valence electrons. The maximum absolute atomic E-state index is 14.2. The first-order valence-corrected chi connectivity index (χ1v) is 6.98. The van der Waals surface area contributed by atoms with E-state index in [1.54, 1.807) is 6.07 Å². The van der Waals surface area contributed by atoms with Crippen molar-refractivity contribution in [2.75, 3.05) is 11.4 Å². The highest BCUT2D eigenvalue weighted by molar-refractivity contribution is 5.97. The van der Waals surface area contributed by atoms with Crippen LogP contribution in [0.1, 0.15) is 22.7 Å². The maximum Gasteiger partial charge on any atom is 0.196 e. The summed E-state index contributed by atoms with van der Waals surface area (Å²) in [5, 5.41) is 0. The Morgan fingerprint density at radius 1 is 1.10 bits per heavy atom. The number of nitrogens with two attached hydrogens (primary N) is 1. The van der Waals surface area contributed by atoms with Crippen molar-refractivity contribution >= 4 is 11.6 Å². The molecule has 0 aliphatic carbocycles. The summed E-state index contributed by atoms with van der Waals surface area (Å²) in [6.07, 6.45) is 0. The summed E-state index contributed by atoms with van der Waals surface area (Å²) in [7, 11) is 0. The van der Waals surface area contributed by atoms with Crippen LogP contribution >= 0.6 is 0 Å². The normalized spacial score (nSPS) is 18.0. The van der Waals surface area contributed by atoms with Crippen LogP contribution in [0.15, 0.2) is 47.5 Å². The standard InChI is InChI=1S/C17H18FN3/c1-11-3-6-13(7-4-11)21-16(10-20-17(21)19)14-9-12(2)5-8-15(14)18/h3-9,16H,10H2,1-2H3,(H2,19,20). The largest absolute Gasteiger partial charge is 0.369 e. The number of guanidine groups is 1. The molecule has 0 spiro atoms. The van der Waals surface area contributed by atoms with Crippen molar-refractivity contribution in [1.82, 2.24) is 0 Å². The summed E-state index contributed by atoms with van der Waals surface area (Å²) in [5.74, 6) is 0.220. The van der Waals surface area contributed by atoms with E-state index in [0.29, 0.717) is 18.1 Å². The lowest BCUT2D eigenvalue weighted by Crippen LogP contribution is -2.36. The molecular weight excluding hydrogens is 265 g/mol. The topological polar surface area (TPSA) is 41.6 Å². The SMILES string of the molecule is Cc1ccc(N2C(N)=NCC2c2cc(C)ccc2F)cc1. The monoisotopic (exact) mass is 283 g/mol. The third-order valence-corrected chi connectivity index (χ3v) is 3.81. The summed E-state index contributed by atoms with van der Waals surface area (Å²) >= 11 is 0. The van der Waals surface area contributed by atoms with Gasteiger partial charge in [-0.05, 0) is 32.0 Å². The molecule has 21 heavy (non-hydrogen) atoms. The minimum atomic E-state index is -0.215. The summed E-state index contributed by atoms with van der Waals surface area (Å²) in [6, 6.07) is 13.0. The molecule has 3 rings (SSSR count). The molecule has 0 saturated carbocycles. The summed E-state index contributed by atoms with van der Waals surface area (Å²) in [5.41, 5.74) is 9.79. The predicted molar refractivity (Wildman–Crippen MR) is 84.0 cm³/mol. The van der Waals surface area contributed by atoms with Crippen molar-refractivity contribution < 1.29 is 4.39 Å². The highest BCUT2D eigenvalue weighted by Crippen LogP contribution is 2.32. The Labute approximate surface area is 123 Å². The molecule has 1 aliphatic rings. The molecule has 0 saturated heterocycles. The Hall–Kier alpha value is -2.36. The van der Waals surface area contributed by atoms with Gasteiger partial charge in [-0.15, -0.1) is 0 Å². The van der Waals surface area contributed by atoms with Gasteiger partial charge in [-0.1, -0.05) is 35.4 Å². The first-order chi connectivity index (χ1) is 10.1. The number of hydrogen-bond donors (Lipinski definition) is 1. The molecule has 0 radical (unpaired) electrons. The van der Waals surface area contributed by atoms with Gasteiger partial charge >= 0.3 is 0 Å². The fraction of sp³-hybridized carbons (Fsp3) is 0.235. The molecule has 4 heteroatoms. The molecule has 1 heterocycles. The molecule has 0 aromatic heterocycles. The van der Waals surface area contributed by atoms with Crippen LogP contribution < -0.4 is 10.6 Å². The molecule has 1 aliphatic heterocycles. The zero-order valence-electron chi connectivity index (χ0n) is 12.2. The molecule has 1 unspecified atom stereocenters. The van der Waals surface area contributed by atoms with E-state index in [-0.39, 0.29) is 11.9 Å². The lowest BCUT2D eigenvalue weighted by Gasteiger charge is -2.27. The van der Waals surface area contributed by atoms with Crippen LogP contribution in [0.4, 0.5) is 10.1 Å². The Morgan fingerprint density at radius 3 is 2.48 bits per heavy atom. The fourth-order valence-electron chi connectivity index (χ4n) is 2.67. The van der Waals surface area contributed by atoms with E-state index in [1.165, 1.54) is 11.6 Å². The van der Waals surface area contributed by atoms with Gasteiger partial charge in [0, 0.05) is 11.3 Å². The third kappa shape index (κ3) is 2.49. The van der Waals surface area contributed by atoms with E-state index < -0.39 is 0 Å². The minimum Gasteiger partial charge on any atom is -0.369 e. The van der Waals surface area contributed by atoms with Crippen molar-refractivity contribution in [3.05, 3.63) is 65.0 Å². The second-order valence-electron chi connectivity index (χ2n) is 5.45. The van der Waals surface area contributed by atoms with Crippen LogP contribution in [0.3, 0.4) is 0 Å². The van der Waals surface area contributed by atoms with Crippen molar-refractivity contribution in [2.24, 2.45) is 10.7 Å². The lowest BCUT2D eigenvalue weighted by molar-refractivity contribution is 0.589. The number of aliphatic imine (C=N–C) groups is 1. The van der Waals surface area contributed by atoms with Crippen LogP contribution in [0.25, 0.3) is 0 Å². The molecular formula is C17H18FN3. The van der Waals surface area contributed by atoms with E-state index >= 15 is 0 Å². The number of rotatable bonds is 2. The second-order valence-corrected chi connectivity index (χ2v) is 5.45. The molecule has 2 aromatic carbocycles. The second kappa shape index (κ2) is 5.20. The van der Waals surface area contributed by atoms with Gasteiger partial charge in [0.1, 0.15) is 5.82 Å². The zero-order chi connectivity index (χ0) is 15.0. The van der Waals surface area contributed by atoms with E-state index in [9.17, 15) is 4.39 Å². The van der Waals surface area contributed by atoms with Gasteiger partial charge in [0.2, 0.25) is 0 Å². The van der Waals surface area contributed by atoms with Crippen molar-refractivity contribution in [3.8, 4) is 0 Å². The quantitative estimate of drug-likeness (QED) is 0.918. The maximum atomic E-state index is 14.2. The Morgan fingerprint density at radius 2 is 1.76 bits per heavy atom. The number of halogens is 1. The average molecular weight is 283 g/mol. The molecule has 0 fully saturated rings. The molecule has 0 bridgehead atoms. The fourth-order valence-corrected chi connectivity index (χ4v) is 2.67. The van der Waals surface area contributed by atoms with Crippen molar-refractivity contribution in [1.29, 1.82) is 0 Å². The number of nitrogens with zero attached hydrogens (tertiary/aromatic N) is 2. The van der Waals surface area contributed by atoms with E-state index in [0.717, 1.165) is 11.3 Å². The van der Waals surface area contributed by atoms with Crippen LogP contribution in [0.5, 0.6) is 0 Å². The van der Waals surface area contributed by atoms with E-state index in [2.05, 4.69) is 4.99 Å². The lowest BCUT2D eigenvalue weighted by atomic mass is 10.0. The average Bonchev–Trinajstić information content (AvgIpc) is 2.84. The Kier molecular flexibility index (Phi) is 3.37. The van der Waals surface area contributed by atoms with Crippen molar-refractivity contribution in [2.45, 2.75) is 19.9 Å². The van der Waals surface area contributed by atoms with Crippen LogP contribution in [0.2, 0.25) is 0 Å². The van der Waals surface area contributed by atoms with Crippen molar-refractivity contribution in [3.63, 3.8) is 0 Å². The summed E-state index contributed by atoms with van der Waals surface area (Å²) in [4.78, 5) is 6.20. The van der Waals surface area contributed by atoms with Gasteiger partial charge in [0.05, 0.1) is 12.6 Å². The molecule has 0 amide bonds. The zero-order valence-corrected chi connectivity index (χ0v) is 12.2. The summed E-state index contributed by atoms with van der Waals surface area (Å²) < 4.78 is 14.2. The smallest absolute Gasteiger partial charge is 0.196 e. The number of aryl methyl sites for hydroxylation is 2. The molecule has 2 N–H and O–H groups in total. The van der Waals surface area contributed by atoms with E-state index in [1.807, 2.05) is 49.1 Å². The Bertz CT molecular complexity index is 692. The first-order valence-electron chi connectivity index (χ1n) is 6.98. The molecule has 1 atom stereocenters. The minimum absolute atomic E-state index is 0.187. The van der Waals surface area contributed by atoms with Gasteiger partial charge in [-0.3, -0.25) is 4.99 Å². The van der Waals surface area contributed by atoms with E-state index in [4.69, 9.17) is 5.73 Å². The van der Waals surface area contributed by atoms with Gasteiger partial charge < -0.3 is 10.6 Å². The van der Waals surface area contributed by atoms with Crippen LogP contribution in [-0.4, -0.2) is 12.5 Å². The predicted octanol–water partition coefficient (Wildman–Crippen LogP) is 3.32. The molecule has 2 aromatic rings. The Balaban J connectivity index is 2.02. The van der Waals surface area contributed by atoms with Crippen LogP contribution in [-0.2, 0) is 0 Å². The first kappa shape index (κ1) is 13.6. The third-order valence-electron chi connectivity index (χ3n) is 3.81. The van der Waals surface area contributed by atoms with Gasteiger partial charge in [-0.2, -0.15) is 0 Å². The number of hydrogen-bond acceptors (Lipinski definition) is 3. The number of benzene rings is 2.